The number of Topliss-reactive ketones (excluding diaryl/α,β-unsaturated/α-hetero) is 1. The SMILES string of the molecule is CC(=O)O[C@@H](C(C)C)[C@H](O)Cc1ccc(F)cc1.CC(=O)[C@H](Cc1ccc(F)cc1)[C@@H](O)C(C)C.CC(C)[C@H](O)[C@H](C)Cc1ccc(F)cc1.CC(C)[C@H](O)[C@H](O)Cc1ccc(F)cc1. The normalized spacial score (nSPS) is 14.9. The highest BCUT2D eigenvalue weighted by Gasteiger charge is 2.27. The molecule has 65 heavy (non-hydrogen) atoms. The van der Waals surface area contributed by atoms with Gasteiger partial charge in [-0.1, -0.05) is 111 Å². The van der Waals surface area contributed by atoms with E-state index in [2.05, 4.69) is 0 Å². The molecule has 0 fully saturated rings. The van der Waals surface area contributed by atoms with Gasteiger partial charge in [0, 0.05) is 25.7 Å². The number of ketones is 1. The van der Waals surface area contributed by atoms with Crippen LogP contribution in [0.15, 0.2) is 97.1 Å². The van der Waals surface area contributed by atoms with Gasteiger partial charge in [0.2, 0.25) is 0 Å². The van der Waals surface area contributed by atoms with Gasteiger partial charge in [-0.05, 0) is 120 Å². The Morgan fingerprint density at radius 1 is 0.431 bits per heavy atom. The van der Waals surface area contributed by atoms with Gasteiger partial charge < -0.3 is 30.3 Å². The minimum Gasteiger partial charge on any atom is -0.460 e. The highest BCUT2D eigenvalue weighted by molar-refractivity contribution is 5.79. The van der Waals surface area contributed by atoms with Crippen LogP contribution in [0.3, 0.4) is 0 Å². The van der Waals surface area contributed by atoms with Crippen molar-refractivity contribution in [2.75, 3.05) is 0 Å². The quantitative estimate of drug-likeness (QED) is 0.0491. The fourth-order valence-electron chi connectivity index (χ4n) is 6.87. The molecule has 0 aliphatic heterocycles. The van der Waals surface area contributed by atoms with E-state index in [0.717, 1.165) is 28.7 Å². The van der Waals surface area contributed by atoms with Crippen molar-refractivity contribution in [3.63, 3.8) is 0 Å². The summed E-state index contributed by atoms with van der Waals surface area (Å²) in [5.74, 6) is -1.44. The molecule has 4 aromatic rings. The summed E-state index contributed by atoms with van der Waals surface area (Å²) < 4.78 is 55.9. The van der Waals surface area contributed by atoms with Crippen molar-refractivity contribution >= 4 is 11.8 Å². The molecule has 5 N–H and O–H groups in total. The van der Waals surface area contributed by atoms with Gasteiger partial charge in [0.05, 0.1) is 30.5 Å². The highest BCUT2D eigenvalue weighted by atomic mass is 19.1. The molecule has 12 heteroatoms. The van der Waals surface area contributed by atoms with Crippen LogP contribution in [0.1, 0.15) is 98.4 Å². The molecule has 0 heterocycles. The Hall–Kier alpha value is -4.46. The fraction of sp³-hybridized carbons (Fsp3) is 0.509. The first kappa shape index (κ1) is 58.6. The van der Waals surface area contributed by atoms with Crippen LogP contribution in [0.25, 0.3) is 0 Å². The first-order valence-electron chi connectivity index (χ1n) is 22.4. The summed E-state index contributed by atoms with van der Waals surface area (Å²) in [5.41, 5.74) is 3.57. The second-order valence-electron chi connectivity index (χ2n) is 18.2. The molecule has 4 aromatic carbocycles. The maximum Gasteiger partial charge on any atom is 0.303 e. The van der Waals surface area contributed by atoms with E-state index in [0.29, 0.717) is 19.3 Å². The number of carbonyl (C=O) groups is 2. The maximum atomic E-state index is 12.8. The molecular weight excluding hydrogens is 841 g/mol. The lowest BCUT2D eigenvalue weighted by Crippen LogP contribution is -2.36. The van der Waals surface area contributed by atoms with Crippen molar-refractivity contribution in [1.82, 2.24) is 0 Å². The van der Waals surface area contributed by atoms with Crippen molar-refractivity contribution in [3.8, 4) is 0 Å². The maximum absolute atomic E-state index is 12.8. The second-order valence-corrected chi connectivity index (χ2v) is 18.2. The number of carbonyl (C=O) groups excluding carboxylic acids is 2. The van der Waals surface area contributed by atoms with Crippen LogP contribution in [0.4, 0.5) is 17.6 Å². The minimum absolute atomic E-state index is 0.0143. The van der Waals surface area contributed by atoms with Gasteiger partial charge in [-0.15, -0.1) is 0 Å². The summed E-state index contributed by atoms with van der Waals surface area (Å²) in [4.78, 5) is 22.5. The molecular formula is C53H74F4O8. The Balaban J connectivity index is 0.000000435. The molecule has 0 unspecified atom stereocenters. The summed E-state index contributed by atoms with van der Waals surface area (Å²) in [5, 5.41) is 49.1. The van der Waals surface area contributed by atoms with Gasteiger partial charge in [-0.25, -0.2) is 17.6 Å². The predicted molar refractivity (Wildman–Crippen MR) is 249 cm³/mol. The molecule has 8 nitrogen and oxygen atoms in total. The Morgan fingerprint density at radius 3 is 1.03 bits per heavy atom. The topological polar surface area (TPSA) is 145 Å². The molecule has 0 aliphatic rings. The number of esters is 1. The molecule has 0 bridgehead atoms. The molecule has 4 rings (SSSR count). The van der Waals surface area contributed by atoms with E-state index >= 15 is 0 Å². The van der Waals surface area contributed by atoms with Gasteiger partial charge >= 0.3 is 5.97 Å². The number of halogens is 4. The zero-order valence-electron chi connectivity index (χ0n) is 40.0. The molecule has 0 saturated carbocycles. The van der Waals surface area contributed by atoms with Crippen molar-refractivity contribution < 1.29 is 57.4 Å². The molecule has 0 amide bonds. The lowest BCUT2D eigenvalue weighted by Gasteiger charge is -2.26. The smallest absolute Gasteiger partial charge is 0.303 e. The van der Waals surface area contributed by atoms with Crippen LogP contribution in [0.5, 0.6) is 0 Å². The standard InChI is InChI=1S/C14H19FO3.C14H19FO2.C13H19FO.C12H17FO2/c1-9(2)14(18-10(3)16)13(17)8-11-4-6-12(15)7-5-11;1-9(2)14(17)13(10(3)16)8-11-4-6-12(15)7-5-11;1-9(2)13(15)10(3)8-11-4-6-12(14)7-5-11;1-8(2)12(15)11(14)7-9-3-5-10(13)6-4-9/h4-7,9,13-14,17H,8H2,1-3H3;4-7,9,13-14,17H,8H2,1-3H3;4-7,9-10,13,15H,8H2,1-3H3;3-6,8,11-12,14-15H,7H2,1-2H3/t13-,14+;13-,14-;10-,13+;11-,12+/m1011/s1. The van der Waals surface area contributed by atoms with Gasteiger partial charge in [-0.3, -0.25) is 9.59 Å². The van der Waals surface area contributed by atoms with E-state index in [1.165, 1.54) is 62.4 Å². The molecule has 0 aliphatic carbocycles. The van der Waals surface area contributed by atoms with Crippen LogP contribution >= 0.6 is 0 Å². The van der Waals surface area contributed by atoms with E-state index in [-0.39, 0.29) is 64.7 Å². The zero-order valence-corrected chi connectivity index (χ0v) is 40.0. The summed E-state index contributed by atoms with van der Waals surface area (Å²) in [6.07, 6.45) is -1.91. The number of rotatable bonds is 18. The van der Waals surface area contributed by atoms with E-state index in [4.69, 9.17) is 4.74 Å². The van der Waals surface area contributed by atoms with Crippen LogP contribution in [0.2, 0.25) is 0 Å². The Kier molecular flexibility index (Phi) is 27.0. The Bertz CT molecular complexity index is 1840. The summed E-state index contributed by atoms with van der Waals surface area (Å²) in [6, 6.07) is 24.4. The molecule has 0 saturated heterocycles. The third-order valence-corrected chi connectivity index (χ3v) is 10.9. The fourth-order valence-corrected chi connectivity index (χ4v) is 6.87. The number of aliphatic hydroxyl groups is 5. The molecule has 362 valence electrons. The monoisotopic (exact) mass is 915 g/mol. The summed E-state index contributed by atoms with van der Waals surface area (Å²) in [6.45, 7) is 20.0. The van der Waals surface area contributed by atoms with E-state index < -0.39 is 42.4 Å². The molecule has 0 spiro atoms. The lowest BCUT2D eigenvalue weighted by atomic mass is 9.85. The Morgan fingerprint density at radius 2 is 0.738 bits per heavy atom. The minimum atomic E-state index is -0.796. The van der Waals surface area contributed by atoms with Crippen molar-refractivity contribution in [1.29, 1.82) is 0 Å². The van der Waals surface area contributed by atoms with Crippen LogP contribution in [-0.2, 0) is 40.0 Å². The van der Waals surface area contributed by atoms with Crippen LogP contribution in [0, 0.1) is 58.8 Å². The van der Waals surface area contributed by atoms with Gasteiger partial charge in [0.1, 0.15) is 35.2 Å². The average Bonchev–Trinajstić information content (AvgIpc) is 3.24. The van der Waals surface area contributed by atoms with E-state index in [9.17, 15) is 52.7 Å². The van der Waals surface area contributed by atoms with E-state index in [1.54, 1.807) is 48.5 Å². The molecule has 0 radical (unpaired) electrons. The lowest BCUT2D eigenvalue weighted by molar-refractivity contribution is -0.155. The second kappa shape index (κ2) is 29.9. The van der Waals surface area contributed by atoms with Gasteiger partial charge in [0.25, 0.3) is 0 Å². The third-order valence-electron chi connectivity index (χ3n) is 10.9. The third kappa shape index (κ3) is 23.5. The number of benzene rings is 4. The van der Waals surface area contributed by atoms with Gasteiger partial charge in [-0.2, -0.15) is 0 Å². The van der Waals surface area contributed by atoms with Crippen molar-refractivity contribution in [2.24, 2.45) is 35.5 Å². The first-order chi connectivity index (χ1) is 30.3. The number of hydrogen-bond donors (Lipinski definition) is 5. The molecule has 0 aromatic heterocycles. The van der Waals surface area contributed by atoms with Crippen LogP contribution in [-0.4, -0.2) is 73.9 Å². The number of aliphatic hydroxyl groups excluding tert-OH is 5. The largest absolute Gasteiger partial charge is 0.460 e. The highest BCUT2D eigenvalue weighted by Crippen LogP contribution is 2.21. The number of hydrogen-bond acceptors (Lipinski definition) is 8. The van der Waals surface area contributed by atoms with E-state index in [1.807, 2.05) is 62.3 Å². The van der Waals surface area contributed by atoms with Gasteiger partial charge in [0.15, 0.2) is 0 Å². The summed E-state index contributed by atoms with van der Waals surface area (Å²) >= 11 is 0. The van der Waals surface area contributed by atoms with Crippen molar-refractivity contribution in [3.05, 3.63) is 143 Å². The van der Waals surface area contributed by atoms with Crippen LogP contribution < -0.4 is 0 Å². The number of ether oxygens (including phenoxy) is 1. The predicted octanol–water partition coefficient (Wildman–Crippen LogP) is 9.67. The Labute approximate surface area is 384 Å². The zero-order chi connectivity index (χ0) is 49.6. The summed E-state index contributed by atoms with van der Waals surface area (Å²) in [7, 11) is 0. The molecule has 8 atom stereocenters. The first-order valence-corrected chi connectivity index (χ1v) is 22.4. The average molecular weight is 915 g/mol. The van der Waals surface area contributed by atoms with Crippen molar-refractivity contribution in [2.45, 2.75) is 138 Å².